The third-order valence-corrected chi connectivity index (χ3v) is 3.17. The van der Waals surface area contributed by atoms with Gasteiger partial charge in [0.2, 0.25) is 5.88 Å². The van der Waals surface area contributed by atoms with Crippen LogP contribution in [0.25, 0.3) is 0 Å². The normalized spacial score (nSPS) is 10.2. The number of benzene rings is 1. The number of nitro benzene ring substituents is 1. The highest BCUT2D eigenvalue weighted by molar-refractivity contribution is 9.08. The van der Waals surface area contributed by atoms with Gasteiger partial charge in [-0.1, -0.05) is 22.0 Å². The van der Waals surface area contributed by atoms with Gasteiger partial charge in [0.05, 0.1) is 4.92 Å². The van der Waals surface area contributed by atoms with Gasteiger partial charge < -0.3 is 4.74 Å². The van der Waals surface area contributed by atoms with Crippen molar-refractivity contribution in [1.82, 2.24) is 4.98 Å². The summed E-state index contributed by atoms with van der Waals surface area (Å²) in [4.78, 5) is 14.4. The summed E-state index contributed by atoms with van der Waals surface area (Å²) in [6.07, 6.45) is 1.64. The Labute approximate surface area is 118 Å². The molecule has 2 aromatic rings. The SMILES string of the molecule is Cc1cc([N+](=O)[O-])ccc1Oc1ncccc1CBr. The molecule has 1 heterocycles. The van der Waals surface area contributed by atoms with Gasteiger partial charge >= 0.3 is 0 Å². The third kappa shape index (κ3) is 3.08. The summed E-state index contributed by atoms with van der Waals surface area (Å²) in [5.41, 5.74) is 1.66. The second-order valence-electron chi connectivity index (χ2n) is 3.91. The molecule has 1 aromatic heterocycles. The van der Waals surface area contributed by atoms with Gasteiger partial charge in [-0.25, -0.2) is 4.98 Å². The molecule has 19 heavy (non-hydrogen) atoms. The van der Waals surface area contributed by atoms with Crippen molar-refractivity contribution in [3.63, 3.8) is 0 Å². The quantitative estimate of drug-likeness (QED) is 0.485. The number of rotatable bonds is 4. The van der Waals surface area contributed by atoms with Gasteiger partial charge in [0, 0.05) is 29.2 Å². The van der Waals surface area contributed by atoms with Crippen molar-refractivity contribution in [2.75, 3.05) is 0 Å². The smallest absolute Gasteiger partial charge is 0.269 e. The number of non-ortho nitro benzene ring substituents is 1. The average Bonchev–Trinajstić information content (AvgIpc) is 2.41. The molecule has 0 spiro atoms. The van der Waals surface area contributed by atoms with Crippen LogP contribution in [0.4, 0.5) is 5.69 Å². The molecule has 0 amide bonds. The van der Waals surface area contributed by atoms with Crippen LogP contribution in [0.3, 0.4) is 0 Å². The van der Waals surface area contributed by atoms with Crippen LogP contribution in [-0.4, -0.2) is 9.91 Å². The highest BCUT2D eigenvalue weighted by Gasteiger charge is 2.11. The maximum atomic E-state index is 10.7. The standard InChI is InChI=1S/C13H11BrN2O3/c1-9-7-11(16(17)18)4-5-12(9)19-13-10(8-14)3-2-6-15-13/h2-7H,8H2,1H3. The van der Waals surface area contributed by atoms with Crippen molar-refractivity contribution in [2.45, 2.75) is 12.3 Å². The molecular formula is C13H11BrN2O3. The van der Waals surface area contributed by atoms with E-state index in [1.807, 2.05) is 12.1 Å². The van der Waals surface area contributed by atoms with E-state index in [0.29, 0.717) is 22.5 Å². The van der Waals surface area contributed by atoms with Gasteiger partial charge in [-0.3, -0.25) is 10.1 Å². The molecule has 0 radical (unpaired) electrons. The van der Waals surface area contributed by atoms with Crippen LogP contribution >= 0.6 is 15.9 Å². The maximum absolute atomic E-state index is 10.7. The van der Waals surface area contributed by atoms with E-state index in [-0.39, 0.29) is 5.69 Å². The lowest BCUT2D eigenvalue weighted by molar-refractivity contribution is -0.384. The van der Waals surface area contributed by atoms with E-state index in [2.05, 4.69) is 20.9 Å². The fraction of sp³-hybridized carbons (Fsp3) is 0.154. The topological polar surface area (TPSA) is 65.3 Å². The second kappa shape index (κ2) is 5.79. The predicted octanol–water partition coefficient (Wildman–Crippen LogP) is 3.99. The molecule has 0 aliphatic carbocycles. The van der Waals surface area contributed by atoms with Gasteiger partial charge in [-0.2, -0.15) is 0 Å². The van der Waals surface area contributed by atoms with Crippen molar-refractivity contribution in [1.29, 1.82) is 0 Å². The number of pyridine rings is 1. The Hall–Kier alpha value is -1.95. The molecule has 6 heteroatoms. The number of nitro groups is 1. The van der Waals surface area contributed by atoms with Gasteiger partial charge in [-0.15, -0.1) is 0 Å². The summed E-state index contributed by atoms with van der Waals surface area (Å²) < 4.78 is 5.70. The molecule has 0 fully saturated rings. The van der Waals surface area contributed by atoms with E-state index >= 15 is 0 Å². The number of alkyl halides is 1. The molecule has 0 bridgehead atoms. The van der Waals surface area contributed by atoms with Gasteiger partial charge in [0.25, 0.3) is 5.69 Å². The molecule has 0 saturated heterocycles. The highest BCUT2D eigenvalue weighted by Crippen LogP contribution is 2.29. The number of ether oxygens (including phenoxy) is 1. The van der Waals surface area contributed by atoms with Crippen molar-refractivity contribution >= 4 is 21.6 Å². The van der Waals surface area contributed by atoms with Crippen molar-refractivity contribution < 1.29 is 9.66 Å². The Morgan fingerprint density at radius 1 is 1.42 bits per heavy atom. The lowest BCUT2D eigenvalue weighted by Gasteiger charge is -2.10. The molecule has 98 valence electrons. The zero-order valence-corrected chi connectivity index (χ0v) is 11.8. The molecule has 0 atom stereocenters. The minimum Gasteiger partial charge on any atom is -0.438 e. The largest absolute Gasteiger partial charge is 0.438 e. The Morgan fingerprint density at radius 3 is 2.84 bits per heavy atom. The van der Waals surface area contributed by atoms with Crippen LogP contribution in [0.2, 0.25) is 0 Å². The Kier molecular flexibility index (Phi) is 4.11. The molecule has 1 aromatic carbocycles. The van der Waals surface area contributed by atoms with Crippen molar-refractivity contribution in [3.05, 3.63) is 57.8 Å². The molecule has 0 aliphatic rings. The molecule has 2 rings (SSSR count). The van der Waals surface area contributed by atoms with Crippen LogP contribution in [0.5, 0.6) is 11.6 Å². The van der Waals surface area contributed by atoms with Crippen LogP contribution < -0.4 is 4.74 Å². The summed E-state index contributed by atoms with van der Waals surface area (Å²) >= 11 is 3.36. The predicted molar refractivity (Wildman–Crippen MR) is 74.8 cm³/mol. The van der Waals surface area contributed by atoms with E-state index in [1.165, 1.54) is 12.1 Å². The van der Waals surface area contributed by atoms with Gasteiger partial charge in [0.15, 0.2) is 0 Å². The zero-order chi connectivity index (χ0) is 13.8. The number of hydrogen-bond donors (Lipinski definition) is 0. The number of aromatic nitrogens is 1. The van der Waals surface area contributed by atoms with E-state index in [1.54, 1.807) is 19.2 Å². The lowest BCUT2D eigenvalue weighted by Crippen LogP contribution is -1.95. The minimum atomic E-state index is -0.429. The molecular weight excluding hydrogens is 312 g/mol. The first kappa shape index (κ1) is 13.5. The molecule has 0 saturated carbocycles. The third-order valence-electron chi connectivity index (χ3n) is 2.57. The Morgan fingerprint density at radius 2 is 2.21 bits per heavy atom. The molecule has 0 aliphatic heterocycles. The summed E-state index contributed by atoms with van der Waals surface area (Å²) in [5, 5.41) is 11.3. The van der Waals surface area contributed by atoms with Crippen LogP contribution in [0, 0.1) is 17.0 Å². The zero-order valence-electron chi connectivity index (χ0n) is 10.2. The molecule has 0 unspecified atom stereocenters. The minimum absolute atomic E-state index is 0.0478. The molecule has 0 N–H and O–H groups in total. The summed E-state index contributed by atoms with van der Waals surface area (Å²) in [7, 11) is 0. The first-order valence-electron chi connectivity index (χ1n) is 5.54. The molecule has 5 nitrogen and oxygen atoms in total. The van der Waals surface area contributed by atoms with Crippen LogP contribution in [0.1, 0.15) is 11.1 Å². The van der Waals surface area contributed by atoms with E-state index in [0.717, 1.165) is 5.56 Å². The number of aryl methyl sites for hydroxylation is 1. The van der Waals surface area contributed by atoms with Crippen molar-refractivity contribution in [2.24, 2.45) is 0 Å². The number of hydrogen-bond acceptors (Lipinski definition) is 4. The highest BCUT2D eigenvalue weighted by atomic mass is 79.9. The van der Waals surface area contributed by atoms with Crippen LogP contribution in [0.15, 0.2) is 36.5 Å². The van der Waals surface area contributed by atoms with E-state index in [9.17, 15) is 10.1 Å². The Bertz CT molecular complexity index is 617. The fourth-order valence-corrected chi connectivity index (χ4v) is 2.01. The van der Waals surface area contributed by atoms with E-state index < -0.39 is 4.92 Å². The fourth-order valence-electron chi connectivity index (χ4n) is 1.58. The monoisotopic (exact) mass is 322 g/mol. The van der Waals surface area contributed by atoms with Crippen LogP contribution in [-0.2, 0) is 5.33 Å². The first-order valence-corrected chi connectivity index (χ1v) is 6.66. The number of halogens is 1. The van der Waals surface area contributed by atoms with Gasteiger partial charge in [-0.05, 0) is 24.6 Å². The van der Waals surface area contributed by atoms with Gasteiger partial charge in [0.1, 0.15) is 5.75 Å². The summed E-state index contributed by atoms with van der Waals surface area (Å²) in [6.45, 7) is 1.76. The first-order chi connectivity index (χ1) is 9.11. The Balaban J connectivity index is 2.31. The summed E-state index contributed by atoms with van der Waals surface area (Å²) in [5.74, 6) is 1.06. The average molecular weight is 323 g/mol. The number of nitrogens with zero attached hydrogens (tertiary/aromatic N) is 2. The van der Waals surface area contributed by atoms with Crippen molar-refractivity contribution in [3.8, 4) is 11.6 Å². The summed E-state index contributed by atoms with van der Waals surface area (Å²) in [6, 6.07) is 8.20. The maximum Gasteiger partial charge on any atom is 0.269 e. The lowest BCUT2D eigenvalue weighted by atomic mass is 10.2. The second-order valence-corrected chi connectivity index (χ2v) is 4.47. The van der Waals surface area contributed by atoms with E-state index in [4.69, 9.17) is 4.74 Å².